The minimum atomic E-state index is -5.08. The number of carboxylic acid groups (broad SMARTS) is 2. The Hall–Kier alpha value is -2.18. The molecule has 0 bridgehead atoms. The standard InChI is InChI=1S/C16H25N3O4.C2HF3O2/c1-12-14(13(2)23-17-12)8-18-5-3-4-16(10-18)11-19(6-7-22-16)9-15(20)21;3-2(4,5)1(6)7/h3-11H2,1-2H3,(H,20,21);(H,6,7). The van der Waals surface area contributed by atoms with Crippen molar-refractivity contribution in [1.29, 1.82) is 0 Å². The number of hydrogen-bond acceptors (Lipinski definition) is 7. The number of aliphatic carboxylic acids is 2. The number of ether oxygens (including phenoxy) is 1. The lowest BCUT2D eigenvalue weighted by atomic mass is 9.90. The lowest BCUT2D eigenvalue weighted by Gasteiger charge is -2.47. The minimum absolute atomic E-state index is 0.0922. The Labute approximate surface area is 171 Å². The van der Waals surface area contributed by atoms with Gasteiger partial charge >= 0.3 is 18.1 Å². The van der Waals surface area contributed by atoms with E-state index < -0.39 is 18.1 Å². The largest absolute Gasteiger partial charge is 0.490 e. The van der Waals surface area contributed by atoms with Gasteiger partial charge in [0.1, 0.15) is 5.76 Å². The van der Waals surface area contributed by atoms with Crippen LogP contribution in [0.3, 0.4) is 0 Å². The summed E-state index contributed by atoms with van der Waals surface area (Å²) >= 11 is 0. The number of carboxylic acids is 2. The van der Waals surface area contributed by atoms with Gasteiger partial charge in [-0.25, -0.2) is 4.79 Å². The molecule has 170 valence electrons. The van der Waals surface area contributed by atoms with Crippen molar-refractivity contribution in [2.45, 2.75) is 45.0 Å². The van der Waals surface area contributed by atoms with Crippen LogP contribution in [-0.2, 0) is 20.9 Å². The third-order valence-corrected chi connectivity index (χ3v) is 5.11. The Morgan fingerprint density at radius 1 is 1.17 bits per heavy atom. The average Bonchev–Trinajstić information content (AvgIpc) is 2.93. The number of piperidine rings is 1. The fourth-order valence-electron chi connectivity index (χ4n) is 3.77. The Morgan fingerprint density at radius 3 is 2.33 bits per heavy atom. The summed E-state index contributed by atoms with van der Waals surface area (Å²) in [6, 6.07) is 0. The van der Waals surface area contributed by atoms with Crippen molar-refractivity contribution in [3.8, 4) is 0 Å². The molecule has 0 aliphatic carbocycles. The Bertz CT molecular complexity index is 731. The first-order valence-electron chi connectivity index (χ1n) is 9.44. The normalized spacial score (nSPS) is 23.1. The molecule has 9 nitrogen and oxygen atoms in total. The number of rotatable bonds is 4. The van der Waals surface area contributed by atoms with E-state index in [0.29, 0.717) is 19.7 Å². The number of likely N-dealkylation sites (tertiary alicyclic amines) is 1. The Morgan fingerprint density at radius 2 is 1.80 bits per heavy atom. The van der Waals surface area contributed by atoms with Crippen molar-refractivity contribution < 1.29 is 42.2 Å². The number of carbonyl (C=O) groups is 2. The molecule has 30 heavy (non-hydrogen) atoms. The summed E-state index contributed by atoms with van der Waals surface area (Å²) in [6.45, 7) is 8.65. The number of aryl methyl sites for hydroxylation is 2. The highest BCUT2D eigenvalue weighted by atomic mass is 19.4. The number of alkyl halides is 3. The molecule has 1 atom stereocenters. The zero-order valence-electron chi connectivity index (χ0n) is 16.9. The molecule has 1 unspecified atom stereocenters. The zero-order valence-corrected chi connectivity index (χ0v) is 16.9. The molecule has 1 spiro atoms. The van der Waals surface area contributed by atoms with E-state index in [9.17, 15) is 18.0 Å². The maximum absolute atomic E-state index is 11.0. The average molecular weight is 437 g/mol. The summed E-state index contributed by atoms with van der Waals surface area (Å²) in [5.74, 6) is -2.66. The van der Waals surface area contributed by atoms with E-state index in [2.05, 4.69) is 10.1 Å². The van der Waals surface area contributed by atoms with Crippen LogP contribution >= 0.6 is 0 Å². The van der Waals surface area contributed by atoms with Crippen LogP contribution in [0.1, 0.15) is 29.9 Å². The fourth-order valence-corrected chi connectivity index (χ4v) is 3.77. The molecule has 0 saturated carbocycles. The van der Waals surface area contributed by atoms with Crippen LogP contribution in [0.5, 0.6) is 0 Å². The van der Waals surface area contributed by atoms with E-state index in [1.807, 2.05) is 18.7 Å². The molecule has 1 aromatic rings. The van der Waals surface area contributed by atoms with Crippen LogP contribution in [0.4, 0.5) is 13.2 Å². The maximum atomic E-state index is 11.0. The van der Waals surface area contributed by atoms with E-state index in [1.165, 1.54) is 0 Å². The molecule has 3 rings (SSSR count). The van der Waals surface area contributed by atoms with Gasteiger partial charge in [0.2, 0.25) is 0 Å². The molecule has 0 radical (unpaired) electrons. The van der Waals surface area contributed by atoms with E-state index in [1.54, 1.807) is 0 Å². The SMILES string of the molecule is Cc1noc(C)c1CN1CCCC2(CN(CC(=O)O)CCO2)C1.O=C(O)C(F)(F)F. The van der Waals surface area contributed by atoms with Crippen LogP contribution in [0, 0.1) is 13.8 Å². The second-order valence-corrected chi connectivity index (χ2v) is 7.56. The van der Waals surface area contributed by atoms with Crippen molar-refractivity contribution in [2.75, 3.05) is 39.3 Å². The highest BCUT2D eigenvalue weighted by Crippen LogP contribution is 2.30. The molecule has 2 fully saturated rings. The predicted molar refractivity (Wildman–Crippen MR) is 96.9 cm³/mol. The van der Waals surface area contributed by atoms with E-state index >= 15 is 0 Å². The highest BCUT2D eigenvalue weighted by Gasteiger charge is 2.41. The molecule has 2 saturated heterocycles. The highest BCUT2D eigenvalue weighted by molar-refractivity contribution is 5.73. The third-order valence-electron chi connectivity index (χ3n) is 5.11. The molecular formula is C18H26F3N3O6. The Balaban J connectivity index is 0.000000396. The molecule has 12 heteroatoms. The van der Waals surface area contributed by atoms with Crippen LogP contribution in [-0.4, -0.2) is 88.2 Å². The van der Waals surface area contributed by atoms with E-state index in [0.717, 1.165) is 49.5 Å². The van der Waals surface area contributed by atoms with Gasteiger partial charge < -0.3 is 19.5 Å². The van der Waals surface area contributed by atoms with Gasteiger partial charge in [-0.3, -0.25) is 14.6 Å². The van der Waals surface area contributed by atoms with Gasteiger partial charge in [0.05, 0.1) is 24.4 Å². The zero-order chi connectivity index (χ0) is 22.5. The summed E-state index contributed by atoms with van der Waals surface area (Å²) in [6.07, 6.45) is -3.04. The smallest absolute Gasteiger partial charge is 0.480 e. The third kappa shape index (κ3) is 6.67. The van der Waals surface area contributed by atoms with E-state index in [-0.39, 0.29) is 12.1 Å². The van der Waals surface area contributed by atoms with Crippen LogP contribution in [0.2, 0.25) is 0 Å². The van der Waals surface area contributed by atoms with Crippen molar-refractivity contribution in [2.24, 2.45) is 0 Å². The number of morpholine rings is 1. The van der Waals surface area contributed by atoms with Gasteiger partial charge in [0, 0.05) is 31.7 Å². The molecule has 2 aliphatic rings. The second-order valence-electron chi connectivity index (χ2n) is 7.56. The van der Waals surface area contributed by atoms with Crippen molar-refractivity contribution in [1.82, 2.24) is 15.0 Å². The summed E-state index contributed by atoms with van der Waals surface area (Å²) in [5.41, 5.74) is 1.85. The number of nitrogens with zero attached hydrogens (tertiary/aromatic N) is 3. The molecule has 0 aromatic carbocycles. The summed E-state index contributed by atoms with van der Waals surface area (Å²) in [7, 11) is 0. The topological polar surface area (TPSA) is 116 Å². The van der Waals surface area contributed by atoms with Gasteiger partial charge in [-0.2, -0.15) is 13.2 Å². The monoisotopic (exact) mass is 437 g/mol. The van der Waals surface area contributed by atoms with Gasteiger partial charge in [0.25, 0.3) is 0 Å². The molecule has 1 aromatic heterocycles. The maximum Gasteiger partial charge on any atom is 0.490 e. The molecule has 3 heterocycles. The lowest BCUT2D eigenvalue weighted by Crippen LogP contribution is -2.60. The minimum Gasteiger partial charge on any atom is -0.480 e. The summed E-state index contributed by atoms with van der Waals surface area (Å²) in [4.78, 5) is 24.2. The Kier molecular flexibility index (Phi) is 7.83. The summed E-state index contributed by atoms with van der Waals surface area (Å²) in [5, 5.41) is 20.2. The number of halogens is 3. The molecule has 2 N–H and O–H groups in total. The van der Waals surface area contributed by atoms with Crippen LogP contribution < -0.4 is 0 Å². The number of hydrogen-bond donors (Lipinski definition) is 2. The first-order chi connectivity index (χ1) is 13.9. The number of aromatic nitrogens is 1. The quantitative estimate of drug-likeness (QED) is 0.726. The molecule has 0 amide bonds. The van der Waals surface area contributed by atoms with Crippen LogP contribution in [0.15, 0.2) is 4.52 Å². The van der Waals surface area contributed by atoms with Gasteiger partial charge in [0.15, 0.2) is 0 Å². The van der Waals surface area contributed by atoms with Crippen molar-refractivity contribution in [3.05, 3.63) is 17.0 Å². The van der Waals surface area contributed by atoms with E-state index in [4.69, 9.17) is 24.3 Å². The first kappa shape index (κ1) is 24.1. The van der Waals surface area contributed by atoms with Crippen molar-refractivity contribution in [3.63, 3.8) is 0 Å². The van der Waals surface area contributed by atoms with Gasteiger partial charge in [-0.15, -0.1) is 0 Å². The second kappa shape index (κ2) is 9.75. The van der Waals surface area contributed by atoms with Crippen LogP contribution in [0.25, 0.3) is 0 Å². The van der Waals surface area contributed by atoms with Crippen molar-refractivity contribution >= 4 is 11.9 Å². The summed E-state index contributed by atoms with van der Waals surface area (Å²) < 4.78 is 43.1. The predicted octanol–water partition coefficient (Wildman–Crippen LogP) is 1.68. The van der Waals surface area contributed by atoms with Gasteiger partial charge in [-0.05, 0) is 33.2 Å². The first-order valence-corrected chi connectivity index (χ1v) is 9.44. The molecular weight excluding hydrogens is 411 g/mol. The molecule has 2 aliphatic heterocycles. The lowest BCUT2D eigenvalue weighted by molar-refractivity contribution is -0.192. The van der Waals surface area contributed by atoms with Gasteiger partial charge in [-0.1, -0.05) is 5.16 Å². The fraction of sp³-hybridized carbons (Fsp3) is 0.722.